The van der Waals surface area contributed by atoms with Crippen molar-refractivity contribution in [3.05, 3.63) is 53.1 Å². The molecule has 2 aromatic carbocycles. The van der Waals surface area contributed by atoms with E-state index in [0.29, 0.717) is 25.4 Å². The SMILES string of the molecule is Cc1cccc(C(C)C)c1NCCC(=O)NCc1ccc2c(c1)OCO2. The highest BCUT2D eigenvalue weighted by Gasteiger charge is 2.13. The maximum absolute atomic E-state index is 12.1. The van der Waals surface area contributed by atoms with Gasteiger partial charge in [0, 0.05) is 25.2 Å². The standard InChI is InChI=1S/C21H26N2O3/c1-14(2)17-6-4-5-15(3)21(17)22-10-9-20(24)23-12-16-7-8-18-19(11-16)26-13-25-18/h4-8,11,14,22H,9-10,12-13H2,1-3H3,(H,23,24). The van der Waals surface area contributed by atoms with Gasteiger partial charge in [-0.15, -0.1) is 0 Å². The Balaban J connectivity index is 1.48. The molecular weight excluding hydrogens is 328 g/mol. The van der Waals surface area contributed by atoms with Crippen molar-refractivity contribution in [3.63, 3.8) is 0 Å². The van der Waals surface area contributed by atoms with E-state index in [1.165, 1.54) is 11.1 Å². The van der Waals surface area contributed by atoms with E-state index in [1.54, 1.807) is 0 Å². The first-order chi connectivity index (χ1) is 12.5. The van der Waals surface area contributed by atoms with Gasteiger partial charge in [0.2, 0.25) is 12.7 Å². The highest BCUT2D eigenvalue weighted by Crippen LogP contribution is 2.32. The fraction of sp³-hybridized carbons (Fsp3) is 0.381. The van der Waals surface area contributed by atoms with E-state index in [1.807, 2.05) is 18.2 Å². The molecular formula is C21H26N2O3. The summed E-state index contributed by atoms with van der Waals surface area (Å²) in [4.78, 5) is 12.1. The summed E-state index contributed by atoms with van der Waals surface area (Å²) in [5.74, 6) is 1.95. The number of ether oxygens (including phenoxy) is 2. The van der Waals surface area contributed by atoms with Crippen LogP contribution in [-0.4, -0.2) is 19.2 Å². The van der Waals surface area contributed by atoms with E-state index in [-0.39, 0.29) is 12.7 Å². The summed E-state index contributed by atoms with van der Waals surface area (Å²) in [6.07, 6.45) is 0.427. The van der Waals surface area contributed by atoms with Gasteiger partial charge in [0.1, 0.15) is 0 Å². The topological polar surface area (TPSA) is 59.6 Å². The third-order valence-corrected chi connectivity index (χ3v) is 4.51. The second-order valence-electron chi connectivity index (χ2n) is 6.83. The molecule has 1 aliphatic heterocycles. The predicted molar refractivity (Wildman–Crippen MR) is 103 cm³/mol. The molecule has 5 heteroatoms. The third kappa shape index (κ3) is 4.28. The Morgan fingerprint density at radius 3 is 2.77 bits per heavy atom. The molecule has 2 N–H and O–H groups in total. The maximum atomic E-state index is 12.1. The van der Waals surface area contributed by atoms with Crippen molar-refractivity contribution in [3.8, 4) is 11.5 Å². The number of benzene rings is 2. The smallest absolute Gasteiger partial charge is 0.231 e. The van der Waals surface area contributed by atoms with Crippen molar-refractivity contribution in [2.24, 2.45) is 0 Å². The lowest BCUT2D eigenvalue weighted by atomic mass is 9.98. The van der Waals surface area contributed by atoms with Crippen molar-refractivity contribution >= 4 is 11.6 Å². The Morgan fingerprint density at radius 1 is 1.15 bits per heavy atom. The fourth-order valence-corrected chi connectivity index (χ4v) is 3.05. The molecule has 3 rings (SSSR count). The van der Waals surface area contributed by atoms with Gasteiger partial charge in [0.25, 0.3) is 0 Å². The van der Waals surface area contributed by atoms with Crippen LogP contribution in [0, 0.1) is 6.92 Å². The highest BCUT2D eigenvalue weighted by molar-refractivity contribution is 5.76. The molecule has 5 nitrogen and oxygen atoms in total. The molecule has 0 spiro atoms. The van der Waals surface area contributed by atoms with Crippen molar-refractivity contribution in [1.82, 2.24) is 5.32 Å². The van der Waals surface area contributed by atoms with Crippen LogP contribution in [0.25, 0.3) is 0 Å². The van der Waals surface area contributed by atoms with Gasteiger partial charge in [0.15, 0.2) is 11.5 Å². The summed E-state index contributed by atoms with van der Waals surface area (Å²) in [6, 6.07) is 12.0. The van der Waals surface area contributed by atoms with Crippen LogP contribution in [0.3, 0.4) is 0 Å². The second kappa shape index (κ2) is 8.13. The van der Waals surface area contributed by atoms with E-state index in [4.69, 9.17) is 9.47 Å². The van der Waals surface area contributed by atoms with Crippen LogP contribution in [0.15, 0.2) is 36.4 Å². The number of hydrogen-bond acceptors (Lipinski definition) is 4. The molecule has 0 aromatic heterocycles. The Bertz CT molecular complexity index is 787. The summed E-state index contributed by atoms with van der Waals surface area (Å²) in [6.45, 7) is 7.80. The van der Waals surface area contributed by atoms with Crippen LogP contribution in [-0.2, 0) is 11.3 Å². The first-order valence-electron chi connectivity index (χ1n) is 9.03. The Labute approximate surface area is 154 Å². The van der Waals surface area contributed by atoms with Crippen LogP contribution in [0.1, 0.15) is 42.9 Å². The summed E-state index contributed by atoms with van der Waals surface area (Å²) in [5, 5.41) is 6.38. The molecule has 0 saturated carbocycles. The number of nitrogens with one attached hydrogen (secondary N) is 2. The number of carbonyl (C=O) groups is 1. The molecule has 2 aromatic rings. The number of hydrogen-bond donors (Lipinski definition) is 2. The monoisotopic (exact) mass is 354 g/mol. The van der Waals surface area contributed by atoms with Crippen molar-refractivity contribution in [2.45, 2.75) is 39.7 Å². The van der Waals surface area contributed by atoms with Gasteiger partial charge in [-0.25, -0.2) is 0 Å². The first kappa shape index (κ1) is 18.1. The number of rotatable bonds is 7. The molecule has 0 aliphatic carbocycles. The van der Waals surface area contributed by atoms with E-state index < -0.39 is 0 Å². The Morgan fingerprint density at radius 2 is 1.96 bits per heavy atom. The average Bonchev–Trinajstić information content (AvgIpc) is 3.08. The second-order valence-corrected chi connectivity index (χ2v) is 6.83. The normalized spacial score (nSPS) is 12.3. The van der Waals surface area contributed by atoms with E-state index in [9.17, 15) is 4.79 Å². The van der Waals surface area contributed by atoms with Gasteiger partial charge in [-0.3, -0.25) is 4.79 Å². The van der Waals surface area contributed by atoms with Gasteiger partial charge in [-0.1, -0.05) is 38.1 Å². The lowest BCUT2D eigenvalue weighted by Gasteiger charge is -2.17. The molecule has 0 fully saturated rings. The Hall–Kier alpha value is -2.69. The summed E-state index contributed by atoms with van der Waals surface area (Å²) >= 11 is 0. The molecule has 0 unspecified atom stereocenters. The van der Waals surface area contributed by atoms with Crippen molar-refractivity contribution in [2.75, 3.05) is 18.7 Å². The number of aryl methyl sites for hydroxylation is 1. The Kier molecular flexibility index (Phi) is 5.66. The average molecular weight is 354 g/mol. The van der Waals surface area contributed by atoms with Gasteiger partial charge < -0.3 is 20.1 Å². The van der Waals surface area contributed by atoms with Crippen molar-refractivity contribution in [1.29, 1.82) is 0 Å². The molecule has 1 amide bonds. The molecule has 26 heavy (non-hydrogen) atoms. The van der Waals surface area contributed by atoms with Crippen LogP contribution in [0.5, 0.6) is 11.5 Å². The zero-order valence-corrected chi connectivity index (χ0v) is 15.6. The van der Waals surface area contributed by atoms with E-state index >= 15 is 0 Å². The molecule has 1 heterocycles. The molecule has 0 radical (unpaired) electrons. The minimum atomic E-state index is 0.0230. The highest BCUT2D eigenvalue weighted by atomic mass is 16.7. The minimum absolute atomic E-state index is 0.0230. The number of anilines is 1. The van der Waals surface area contributed by atoms with Crippen LogP contribution >= 0.6 is 0 Å². The number of fused-ring (bicyclic) bond motifs is 1. The quantitative estimate of drug-likeness (QED) is 0.790. The molecule has 1 aliphatic rings. The van der Waals surface area contributed by atoms with Gasteiger partial charge in [-0.2, -0.15) is 0 Å². The van der Waals surface area contributed by atoms with Gasteiger partial charge >= 0.3 is 0 Å². The molecule has 0 bridgehead atoms. The lowest BCUT2D eigenvalue weighted by Crippen LogP contribution is -2.25. The molecule has 138 valence electrons. The van der Waals surface area contributed by atoms with Gasteiger partial charge in [-0.05, 0) is 41.7 Å². The summed E-state index contributed by atoms with van der Waals surface area (Å²) in [5.41, 5.74) is 4.63. The van der Waals surface area contributed by atoms with Crippen molar-refractivity contribution < 1.29 is 14.3 Å². The number of para-hydroxylation sites is 1. The van der Waals surface area contributed by atoms with Crippen LogP contribution < -0.4 is 20.1 Å². The number of carbonyl (C=O) groups excluding carboxylic acids is 1. The predicted octanol–water partition coefficient (Wildman–Crippen LogP) is 3.97. The lowest BCUT2D eigenvalue weighted by molar-refractivity contribution is -0.121. The zero-order valence-electron chi connectivity index (χ0n) is 15.6. The minimum Gasteiger partial charge on any atom is -0.454 e. The molecule has 0 atom stereocenters. The van der Waals surface area contributed by atoms with E-state index in [0.717, 1.165) is 22.7 Å². The maximum Gasteiger partial charge on any atom is 0.231 e. The van der Waals surface area contributed by atoms with Crippen LogP contribution in [0.2, 0.25) is 0 Å². The van der Waals surface area contributed by atoms with Crippen LogP contribution in [0.4, 0.5) is 5.69 Å². The summed E-state index contributed by atoms with van der Waals surface area (Å²) in [7, 11) is 0. The summed E-state index contributed by atoms with van der Waals surface area (Å²) < 4.78 is 10.6. The number of amides is 1. The van der Waals surface area contributed by atoms with Gasteiger partial charge in [0.05, 0.1) is 0 Å². The first-order valence-corrected chi connectivity index (χ1v) is 9.03. The molecule has 0 saturated heterocycles. The largest absolute Gasteiger partial charge is 0.454 e. The fourth-order valence-electron chi connectivity index (χ4n) is 3.05. The van der Waals surface area contributed by atoms with E-state index in [2.05, 4.69) is 49.6 Å². The third-order valence-electron chi connectivity index (χ3n) is 4.51. The zero-order chi connectivity index (χ0) is 18.5.